The number of oxime groups is 1. The van der Waals surface area contributed by atoms with Crippen LogP contribution in [-0.4, -0.2) is 22.3 Å². The van der Waals surface area contributed by atoms with Crippen molar-refractivity contribution in [2.24, 2.45) is 5.16 Å². The Morgan fingerprint density at radius 3 is 2.03 bits per heavy atom. The molecule has 3 rings (SSSR count). The van der Waals surface area contributed by atoms with E-state index in [0.29, 0.717) is 28.0 Å². The Balaban J connectivity index is 1.65. The SMILES string of the molecule is CCCCCCC(=NOC(C)=O)[N+](=O)c1ccc(Sc2ccc(C(=O)c3ccccc3)cc2)cc1. The van der Waals surface area contributed by atoms with Crippen LogP contribution in [0.5, 0.6) is 0 Å². The van der Waals surface area contributed by atoms with E-state index in [1.807, 2.05) is 54.6 Å². The number of nitroso groups, excluding NO2 is 1. The molecule has 0 amide bonds. The lowest BCUT2D eigenvalue weighted by atomic mass is 10.0. The van der Waals surface area contributed by atoms with E-state index in [0.717, 1.165) is 35.5 Å². The predicted octanol–water partition coefficient (Wildman–Crippen LogP) is 7.33. The van der Waals surface area contributed by atoms with Crippen LogP contribution in [0.3, 0.4) is 0 Å². The third kappa shape index (κ3) is 8.00. The zero-order chi connectivity index (χ0) is 25.0. The largest absolute Gasteiger partial charge is 0.389 e. The highest BCUT2D eigenvalue weighted by molar-refractivity contribution is 7.99. The molecule has 0 saturated carbocycles. The van der Waals surface area contributed by atoms with Crippen LogP contribution in [0.1, 0.15) is 61.9 Å². The van der Waals surface area contributed by atoms with Gasteiger partial charge in [-0.2, -0.15) is 0 Å². The van der Waals surface area contributed by atoms with E-state index < -0.39 is 5.97 Å². The topological polar surface area (TPSA) is 75.8 Å². The molecule has 0 heterocycles. The van der Waals surface area contributed by atoms with Gasteiger partial charge in [0.2, 0.25) is 0 Å². The summed E-state index contributed by atoms with van der Waals surface area (Å²) in [5.74, 6) is -0.397. The van der Waals surface area contributed by atoms with Gasteiger partial charge in [0.1, 0.15) is 0 Å². The summed E-state index contributed by atoms with van der Waals surface area (Å²) in [4.78, 5) is 43.3. The van der Waals surface area contributed by atoms with Crippen LogP contribution in [0.2, 0.25) is 0 Å². The lowest BCUT2D eigenvalue weighted by Gasteiger charge is -2.05. The van der Waals surface area contributed by atoms with E-state index in [9.17, 15) is 14.5 Å². The van der Waals surface area contributed by atoms with Crippen LogP contribution < -0.4 is 0 Å². The van der Waals surface area contributed by atoms with Gasteiger partial charge in [0.05, 0.1) is 6.42 Å². The molecule has 0 unspecified atom stereocenters. The fraction of sp³-hybridized carbons (Fsp3) is 0.250. The number of rotatable bonds is 11. The Bertz CT molecular complexity index is 1170. The highest BCUT2D eigenvalue weighted by Gasteiger charge is 2.23. The van der Waals surface area contributed by atoms with E-state index in [-0.39, 0.29) is 11.6 Å². The monoisotopic (exact) mass is 489 g/mol. The number of hydrogen-bond donors (Lipinski definition) is 0. The van der Waals surface area contributed by atoms with Crippen molar-refractivity contribution in [1.82, 2.24) is 0 Å². The number of ketones is 1. The first-order chi connectivity index (χ1) is 17.0. The molecule has 6 nitrogen and oxygen atoms in total. The molecular weight excluding hydrogens is 460 g/mol. The van der Waals surface area contributed by atoms with Gasteiger partial charge in [0.15, 0.2) is 16.6 Å². The quantitative estimate of drug-likeness (QED) is 0.0536. The standard InChI is InChI=1S/C28H29N2O4S/c1-3-4-5-9-12-27(29-34-21(2)31)30(33)24-15-19-26(20-16-24)35-25-17-13-23(14-18-25)28(32)22-10-7-6-8-11-22/h6-8,10-11,13-20H,3-5,9,12H2,1-2H3/q+1. The van der Waals surface area contributed by atoms with Crippen LogP contribution in [0.25, 0.3) is 0 Å². The van der Waals surface area contributed by atoms with Crippen molar-refractivity contribution in [2.75, 3.05) is 0 Å². The average molecular weight is 490 g/mol. The van der Waals surface area contributed by atoms with E-state index in [1.165, 1.54) is 18.7 Å². The van der Waals surface area contributed by atoms with E-state index in [2.05, 4.69) is 12.1 Å². The van der Waals surface area contributed by atoms with Crippen molar-refractivity contribution in [1.29, 1.82) is 0 Å². The molecule has 0 fully saturated rings. The van der Waals surface area contributed by atoms with E-state index >= 15 is 0 Å². The van der Waals surface area contributed by atoms with Crippen LogP contribution >= 0.6 is 11.8 Å². The summed E-state index contributed by atoms with van der Waals surface area (Å²) in [7, 11) is 0. The normalized spacial score (nSPS) is 11.2. The maximum Gasteiger partial charge on any atom is 0.389 e. The summed E-state index contributed by atoms with van der Waals surface area (Å²) in [6, 6.07) is 23.8. The van der Waals surface area contributed by atoms with E-state index in [1.54, 1.807) is 24.3 Å². The number of carbonyl (C=O) groups excluding carboxylic acids is 2. The van der Waals surface area contributed by atoms with Crippen LogP contribution in [0, 0.1) is 4.91 Å². The molecule has 0 atom stereocenters. The number of amidine groups is 1. The first-order valence-electron chi connectivity index (χ1n) is 11.7. The summed E-state index contributed by atoms with van der Waals surface area (Å²) in [5.41, 5.74) is 1.71. The second kappa shape index (κ2) is 13.3. The fourth-order valence-corrected chi connectivity index (χ4v) is 4.19. The Hall–Kier alpha value is -3.58. The maximum absolute atomic E-state index is 12.9. The zero-order valence-electron chi connectivity index (χ0n) is 20.0. The second-order valence-corrected chi connectivity index (χ2v) is 9.16. The molecule has 7 heteroatoms. The van der Waals surface area contributed by atoms with Gasteiger partial charge in [-0.25, -0.2) is 9.63 Å². The predicted molar refractivity (Wildman–Crippen MR) is 138 cm³/mol. The maximum atomic E-state index is 12.9. The highest BCUT2D eigenvalue weighted by Crippen LogP contribution is 2.30. The fourth-order valence-electron chi connectivity index (χ4n) is 3.38. The minimum atomic E-state index is -0.562. The third-order valence-electron chi connectivity index (χ3n) is 5.23. The van der Waals surface area contributed by atoms with Crippen molar-refractivity contribution in [3.63, 3.8) is 0 Å². The molecule has 0 aliphatic rings. The molecule has 0 radical (unpaired) electrons. The summed E-state index contributed by atoms with van der Waals surface area (Å²) >= 11 is 1.53. The van der Waals surface area contributed by atoms with Gasteiger partial charge in [-0.05, 0) is 55.0 Å². The van der Waals surface area contributed by atoms with Gasteiger partial charge in [-0.1, -0.05) is 73.2 Å². The Morgan fingerprint density at radius 1 is 0.829 bits per heavy atom. The van der Waals surface area contributed by atoms with Gasteiger partial charge >= 0.3 is 11.8 Å². The molecule has 0 aliphatic heterocycles. The second-order valence-electron chi connectivity index (χ2n) is 8.01. The van der Waals surface area contributed by atoms with Crippen molar-refractivity contribution < 1.29 is 19.2 Å². The summed E-state index contributed by atoms with van der Waals surface area (Å²) < 4.78 is 0.716. The van der Waals surface area contributed by atoms with Gasteiger partial charge in [0.25, 0.3) is 0 Å². The van der Waals surface area contributed by atoms with E-state index in [4.69, 9.17) is 4.84 Å². The molecule has 3 aromatic carbocycles. The average Bonchev–Trinajstić information content (AvgIpc) is 2.89. The smallest absolute Gasteiger partial charge is 0.289 e. The molecule has 0 aromatic heterocycles. The van der Waals surface area contributed by atoms with Crippen molar-refractivity contribution >= 4 is 35.0 Å². The number of hydrogen-bond acceptors (Lipinski definition) is 6. The molecule has 180 valence electrons. The van der Waals surface area contributed by atoms with Gasteiger partial charge in [-0.3, -0.25) is 4.79 Å². The molecular formula is C28H29N2O4S+. The van der Waals surface area contributed by atoms with Crippen LogP contribution in [-0.2, 0) is 9.63 Å². The molecule has 0 aliphatic carbocycles. The van der Waals surface area contributed by atoms with Gasteiger partial charge in [0, 0.05) is 32.6 Å². The first-order valence-corrected chi connectivity index (χ1v) is 12.5. The number of nitrogens with zero attached hydrogens (tertiary/aromatic N) is 2. The molecule has 0 spiro atoms. The highest BCUT2D eigenvalue weighted by atomic mass is 32.2. The summed E-state index contributed by atoms with van der Waals surface area (Å²) in [6.07, 6.45) is 4.37. The third-order valence-corrected chi connectivity index (χ3v) is 6.24. The van der Waals surface area contributed by atoms with Crippen molar-refractivity contribution in [3.8, 4) is 0 Å². The minimum Gasteiger partial charge on any atom is -0.289 e. The minimum absolute atomic E-state index is 0.0112. The van der Waals surface area contributed by atoms with Crippen LogP contribution in [0.4, 0.5) is 5.69 Å². The van der Waals surface area contributed by atoms with Gasteiger partial charge < -0.3 is 0 Å². The number of benzene rings is 3. The Kier molecular flexibility index (Phi) is 9.93. The van der Waals surface area contributed by atoms with Crippen LogP contribution in [0.15, 0.2) is 93.8 Å². The van der Waals surface area contributed by atoms with Crippen molar-refractivity contribution in [2.45, 2.75) is 55.7 Å². The molecule has 0 saturated heterocycles. The van der Waals surface area contributed by atoms with Gasteiger partial charge in [-0.15, -0.1) is 0 Å². The Labute approximate surface area is 210 Å². The molecule has 35 heavy (non-hydrogen) atoms. The number of carbonyl (C=O) groups is 2. The lowest BCUT2D eigenvalue weighted by molar-refractivity contribution is -0.337. The Morgan fingerprint density at radius 2 is 1.43 bits per heavy atom. The summed E-state index contributed by atoms with van der Waals surface area (Å²) in [5, 5.41) is 3.78. The number of unbranched alkanes of at least 4 members (excludes halogenated alkanes) is 3. The molecule has 0 N–H and O–H groups in total. The molecule has 0 bridgehead atoms. The van der Waals surface area contributed by atoms with Crippen molar-refractivity contribution in [3.05, 3.63) is 94.9 Å². The summed E-state index contributed by atoms with van der Waals surface area (Å²) in [6.45, 7) is 3.37. The first kappa shape index (κ1) is 26.0. The zero-order valence-corrected chi connectivity index (χ0v) is 20.8. The lowest BCUT2D eigenvalue weighted by Crippen LogP contribution is -2.14. The molecule has 3 aromatic rings.